The zero-order valence-corrected chi connectivity index (χ0v) is 18.6. The van der Waals surface area contributed by atoms with Crippen molar-refractivity contribution in [3.63, 3.8) is 0 Å². The number of aliphatic carboxylic acids is 1. The second-order valence-electron chi connectivity index (χ2n) is 8.50. The van der Waals surface area contributed by atoms with Gasteiger partial charge in [0, 0.05) is 25.8 Å². The summed E-state index contributed by atoms with van der Waals surface area (Å²) in [5.74, 6) is 0.0261. The number of likely N-dealkylation sites (tertiary alicyclic amines) is 1. The quantitative estimate of drug-likeness (QED) is 0.493. The summed E-state index contributed by atoms with van der Waals surface area (Å²) in [7, 11) is 1.89. The normalized spacial score (nSPS) is 20.0. The second kappa shape index (κ2) is 10.7. The molecular weight excluding hydrogens is 393 g/mol. The fourth-order valence-corrected chi connectivity index (χ4v) is 4.53. The van der Waals surface area contributed by atoms with Crippen molar-refractivity contribution in [3.05, 3.63) is 59.3 Å². The standard InChI is InChI=1S/C25H34FN3O2/c1-3-19-13-14-21(28-23(19)27-2)12-8-5-9-15-25(26)16-17-29(18-25)22(24(30)31)20-10-6-4-7-11-20/h4,6-7,10-11,13-14,22H,3,5,8-9,12,15-18H2,1-2H3,(H,27,28)(H,30,31)/t22-,25+/m1/s1. The number of benzene rings is 1. The van der Waals surface area contributed by atoms with Crippen molar-refractivity contribution < 1.29 is 14.3 Å². The lowest BCUT2D eigenvalue weighted by atomic mass is 9.96. The summed E-state index contributed by atoms with van der Waals surface area (Å²) in [5, 5.41) is 12.9. The van der Waals surface area contributed by atoms with E-state index < -0.39 is 17.7 Å². The fourth-order valence-electron chi connectivity index (χ4n) is 4.53. The summed E-state index contributed by atoms with van der Waals surface area (Å²) < 4.78 is 15.4. The molecule has 0 bridgehead atoms. The van der Waals surface area contributed by atoms with Crippen LogP contribution in [-0.4, -0.2) is 46.8 Å². The second-order valence-corrected chi connectivity index (χ2v) is 8.50. The van der Waals surface area contributed by atoms with Crippen LogP contribution in [0.4, 0.5) is 10.2 Å². The van der Waals surface area contributed by atoms with Gasteiger partial charge in [0.2, 0.25) is 0 Å². The van der Waals surface area contributed by atoms with E-state index in [-0.39, 0.29) is 6.54 Å². The summed E-state index contributed by atoms with van der Waals surface area (Å²) in [5.41, 5.74) is 1.69. The third-order valence-corrected chi connectivity index (χ3v) is 6.26. The maximum atomic E-state index is 15.4. The molecule has 1 aromatic carbocycles. The van der Waals surface area contributed by atoms with Crippen molar-refractivity contribution in [2.24, 2.45) is 0 Å². The Morgan fingerprint density at radius 1 is 1.23 bits per heavy atom. The van der Waals surface area contributed by atoms with Gasteiger partial charge in [0.25, 0.3) is 0 Å². The molecule has 0 spiro atoms. The smallest absolute Gasteiger partial charge is 0.325 e. The Kier molecular flexibility index (Phi) is 8.02. The maximum Gasteiger partial charge on any atom is 0.325 e. The van der Waals surface area contributed by atoms with E-state index in [9.17, 15) is 9.90 Å². The molecule has 3 rings (SSSR count). The number of carbonyl (C=O) groups is 1. The Bertz CT molecular complexity index is 861. The van der Waals surface area contributed by atoms with E-state index in [2.05, 4.69) is 29.4 Å². The highest BCUT2D eigenvalue weighted by Crippen LogP contribution is 2.36. The highest BCUT2D eigenvalue weighted by molar-refractivity contribution is 5.75. The molecule has 0 aliphatic carbocycles. The minimum atomic E-state index is -1.30. The average molecular weight is 428 g/mol. The zero-order chi connectivity index (χ0) is 22.3. The summed E-state index contributed by atoms with van der Waals surface area (Å²) in [6, 6.07) is 12.6. The van der Waals surface area contributed by atoms with Crippen LogP contribution in [0.15, 0.2) is 42.5 Å². The molecule has 2 atom stereocenters. The number of aryl methyl sites for hydroxylation is 2. The Morgan fingerprint density at radius 3 is 2.68 bits per heavy atom. The van der Waals surface area contributed by atoms with Crippen LogP contribution in [0.3, 0.4) is 0 Å². The third kappa shape index (κ3) is 6.03. The molecule has 0 saturated carbocycles. The lowest BCUT2D eigenvalue weighted by Gasteiger charge is -2.26. The Balaban J connectivity index is 1.46. The topological polar surface area (TPSA) is 65.5 Å². The first-order valence-corrected chi connectivity index (χ1v) is 11.3. The fraction of sp³-hybridized carbons (Fsp3) is 0.520. The first-order valence-electron chi connectivity index (χ1n) is 11.3. The number of carboxylic acids is 1. The summed E-state index contributed by atoms with van der Waals surface area (Å²) in [6.45, 7) is 2.78. The number of pyridine rings is 1. The van der Waals surface area contributed by atoms with Gasteiger partial charge in [0.1, 0.15) is 17.5 Å². The van der Waals surface area contributed by atoms with Gasteiger partial charge < -0.3 is 10.4 Å². The monoisotopic (exact) mass is 427 g/mol. The molecule has 0 amide bonds. The van der Waals surface area contributed by atoms with Crippen molar-refractivity contribution in [1.29, 1.82) is 0 Å². The van der Waals surface area contributed by atoms with Crippen molar-refractivity contribution >= 4 is 11.8 Å². The molecule has 1 saturated heterocycles. The van der Waals surface area contributed by atoms with Crippen LogP contribution >= 0.6 is 0 Å². The molecule has 2 N–H and O–H groups in total. The molecule has 6 heteroatoms. The Morgan fingerprint density at radius 2 is 2.00 bits per heavy atom. The van der Waals surface area contributed by atoms with Crippen molar-refractivity contribution in [3.8, 4) is 0 Å². The number of carboxylic acid groups (broad SMARTS) is 1. The molecule has 168 valence electrons. The molecule has 31 heavy (non-hydrogen) atoms. The van der Waals surface area contributed by atoms with Crippen LogP contribution < -0.4 is 5.32 Å². The van der Waals surface area contributed by atoms with Crippen LogP contribution in [0.2, 0.25) is 0 Å². The van der Waals surface area contributed by atoms with Gasteiger partial charge >= 0.3 is 5.97 Å². The number of unbranched alkanes of at least 4 members (excludes halogenated alkanes) is 2. The van der Waals surface area contributed by atoms with Gasteiger partial charge in [-0.1, -0.05) is 56.2 Å². The van der Waals surface area contributed by atoms with Gasteiger partial charge in [-0.05, 0) is 49.3 Å². The highest BCUT2D eigenvalue weighted by atomic mass is 19.1. The van der Waals surface area contributed by atoms with E-state index in [1.54, 1.807) is 17.0 Å². The van der Waals surface area contributed by atoms with E-state index in [1.807, 2.05) is 25.2 Å². The first kappa shape index (κ1) is 23.2. The molecule has 1 aliphatic heterocycles. The highest BCUT2D eigenvalue weighted by Gasteiger charge is 2.42. The third-order valence-electron chi connectivity index (χ3n) is 6.26. The van der Waals surface area contributed by atoms with E-state index in [4.69, 9.17) is 0 Å². The predicted octanol–water partition coefficient (Wildman–Crippen LogP) is 5.03. The van der Waals surface area contributed by atoms with Gasteiger partial charge in [0.05, 0.1) is 0 Å². The van der Waals surface area contributed by atoms with E-state index >= 15 is 4.39 Å². The van der Waals surface area contributed by atoms with Crippen LogP contribution in [0.25, 0.3) is 0 Å². The molecule has 2 aromatic rings. The van der Waals surface area contributed by atoms with Gasteiger partial charge in [-0.3, -0.25) is 9.69 Å². The molecule has 0 unspecified atom stereocenters. The van der Waals surface area contributed by atoms with Crippen LogP contribution in [-0.2, 0) is 17.6 Å². The SMILES string of the molecule is CCc1ccc(CCCCC[C@]2(F)CCN([C@@H](C(=O)O)c3ccccc3)C2)nc1NC. The minimum Gasteiger partial charge on any atom is -0.480 e. The molecule has 1 fully saturated rings. The number of nitrogens with one attached hydrogen (secondary N) is 1. The van der Waals surface area contributed by atoms with Crippen LogP contribution in [0, 0.1) is 0 Å². The van der Waals surface area contributed by atoms with E-state index in [1.165, 1.54) is 5.56 Å². The van der Waals surface area contributed by atoms with Gasteiger partial charge in [0.15, 0.2) is 0 Å². The minimum absolute atomic E-state index is 0.185. The molecule has 0 radical (unpaired) electrons. The van der Waals surface area contributed by atoms with Crippen molar-refractivity contribution in [1.82, 2.24) is 9.88 Å². The van der Waals surface area contributed by atoms with Gasteiger partial charge in [-0.2, -0.15) is 0 Å². The number of hydrogen-bond donors (Lipinski definition) is 2. The van der Waals surface area contributed by atoms with Crippen LogP contribution in [0.1, 0.15) is 61.9 Å². The van der Waals surface area contributed by atoms with Crippen molar-refractivity contribution in [2.45, 2.75) is 63.6 Å². The summed E-state index contributed by atoms with van der Waals surface area (Å²) >= 11 is 0. The van der Waals surface area contributed by atoms with E-state index in [0.717, 1.165) is 43.6 Å². The van der Waals surface area contributed by atoms with Crippen LogP contribution in [0.5, 0.6) is 0 Å². The number of halogens is 1. The number of aromatic nitrogens is 1. The molecular formula is C25H34FN3O2. The molecule has 1 aliphatic rings. The lowest BCUT2D eigenvalue weighted by Crippen LogP contribution is -2.35. The summed E-state index contributed by atoms with van der Waals surface area (Å²) in [6.07, 6.45) is 5.44. The number of nitrogens with zero attached hydrogens (tertiary/aromatic N) is 2. The number of anilines is 1. The van der Waals surface area contributed by atoms with Gasteiger partial charge in [-0.25, -0.2) is 9.37 Å². The summed E-state index contributed by atoms with van der Waals surface area (Å²) in [4.78, 5) is 18.3. The molecule has 5 nitrogen and oxygen atoms in total. The number of hydrogen-bond acceptors (Lipinski definition) is 4. The average Bonchev–Trinajstić information content (AvgIpc) is 3.15. The molecule has 2 heterocycles. The van der Waals surface area contributed by atoms with E-state index in [0.29, 0.717) is 24.9 Å². The van der Waals surface area contributed by atoms with Gasteiger partial charge in [-0.15, -0.1) is 0 Å². The Hall–Kier alpha value is -2.47. The zero-order valence-electron chi connectivity index (χ0n) is 18.6. The number of rotatable bonds is 11. The lowest BCUT2D eigenvalue weighted by molar-refractivity contribution is -0.143. The first-order chi connectivity index (χ1) is 15.0. The molecule has 1 aromatic heterocycles. The number of alkyl halides is 1. The van der Waals surface area contributed by atoms with Crippen molar-refractivity contribution in [2.75, 3.05) is 25.5 Å². The Labute approximate surface area is 184 Å². The largest absolute Gasteiger partial charge is 0.480 e. The maximum absolute atomic E-state index is 15.4. The predicted molar refractivity (Wildman–Crippen MR) is 122 cm³/mol.